The Morgan fingerprint density at radius 2 is 1.50 bits per heavy atom. The van der Waals surface area contributed by atoms with Crippen molar-refractivity contribution in [3.63, 3.8) is 0 Å². The van der Waals surface area contributed by atoms with Crippen LogP contribution in [0, 0.1) is 5.95 Å². The maximum atomic E-state index is 14.3. The summed E-state index contributed by atoms with van der Waals surface area (Å²) in [6.07, 6.45) is 13.7. The van der Waals surface area contributed by atoms with Crippen molar-refractivity contribution in [1.29, 1.82) is 0 Å². The van der Waals surface area contributed by atoms with Gasteiger partial charge in [-0.15, -0.1) is 0 Å². The van der Waals surface area contributed by atoms with Crippen LogP contribution in [-0.4, -0.2) is 17.1 Å². The number of ether oxygens (including phenoxy) is 1. The first-order chi connectivity index (χ1) is 12.7. The lowest BCUT2D eigenvalue weighted by Gasteiger charge is -2.06. The maximum Gasteiger partial charge on any atom is 0.219 e. The van der Waals surface area contributed by atoms with Gasteiger partial charge >= 0.3 is 0 Å². The lowest BCUT2D eigenvalue weighted by atomic mass is 10.0. The Balaban J connectivity index is 1.73. The predicted molar refractivity (Wildman–Crippen MR) is 105 cm³/mol. The molecule has 26 heavy (non-hydrogen) atoms. The molecule has 0 amide bonds. The number of aromatic nitrogens is 2. The molecule has 1 aromatic carbocycles. The van der Waals surface area contributed by atoms with Crippen molar-refractivity contribution >= 4 is 0 Å². The van der Waals surface area contributed by atoms with Crippen LogP contribution in [-0.2, 0) is 6.42 Å². The van der Waals surface area contributed by atoms with Crippen LogP contribution in [0.4, 0.5) is 4.39 Å². The average Bonchev–Trinajstić information content (AvgIpc) is 2.68. The van der Waals surface area contributed by atoms with Gasteiger partial charge in [0, 0.05) is 17.3 Å². The molecule has 0 fully saturated rings. The minimum atomic E-state index is -0.398. The number of halogens is 1. The fourth-order valence-corrected chi connectivity index (χ4v) is 3.06. The first kappa shape index (κ1) is 20.3. The van der Waals surface area contributed by atoms with E-state index in [4.69, 9.17) is 4.74 Å². The van der Waals surface area contributed by atoms with Crippen molar-refractivity contribution in [2.75, 3.05) is 7.11 Å². The molecule has 2 aromatic rings. The van der Waals surface area contributed by atoms with Crippen LogP contribution in [0.15, 0.2) is 30.5 Å². The summed E-state index contributed by atoms with van der Waals surface area (Å²) in [6.45, 7) is 2.24. The van der Waals surface area contributed by atoms with Gasteiger partial charge in [-0.3, -0.25) is 0 Å². The lowest BCUT2D eigenvalue weighted by molar-refractivity contribution is 0.415. The number of hydrogen-bond donors (Lipinski definition) is 0. The molecule has 0 atom stereocenters. The van der Waals surface area contributed by atoms with E-state index in [9.17, 15) is 4.39 Å². The molecule has 0 radical (unpaired) electrons. The fraction of sp³-hybridized carbons (Fsp3) is 0.545. The van der Waals surface area contributed by atoms with Gasteiger partial charge in [-0.1, -0.05) is 58.3 Å². The highest BCUT2D eigenvalue weighted by Crippen LogP contribution is 2.20. The first-order valence-electron chi connectivity index (χ1n) is 9.90. The van der Waals surface area contributed by atoms with Crippen molar-refractivity contribution in [3.8, 4) is 17.1 Å². The first-order valence-corrected chi connectivity index (χ1v) is 9.90. The number of aryl methyl sites for hydroxylation is 1. The second-order valence-electron chi connectivity index (χ2n) is 6.82. The van der Waals surface area contributed by atoms with E-state index in [1.165, 1.54) is 44.9 Å². The van der Waals surface area contributed by atoms with Crippen molar-refractivity contribution < 1.29 is 9.13 Å². The third-order valence-corrected chi connectivity index (χ3v) is 4.71. The van der Waals surface area contributed by atoms with E-state index in [1.54, 1.807) is 13.3 Å². The zero-order valence-corrected chi connectivity index (χ0v) is 16.1. The maximum absolute atomic E-state index is 14.3. The molecule has 2 rings (SSSR count). The smallest absolute Gasteiger partial charge is 0.219 e. The highest BCUT2D eigenvalue weighted by atomic mass is 19.1. The lowest BCUT2D eigenvalue weighted by Crippen LogP contribution is -1.99. The van der Waals surface area contributed by atoms with Gasteiger partial charge in [0.15, 0.2) is 5.82 Å². The Bertz CT molecular complexity index is 643. The second-order valence-corrected chi connectivity index (χ2v) is 6.82. The predicted octanol–water partition coefficient (Wildman–Crippen LogP) is 6.36. The molecule has 0 unspecified atom stereocenters. The Morgan fingerprint density at radius 1 is 0.885 bits per heavy atom. The second kappa shape index (κ2) is 11.6. The van der Waals surface area contributed by atoms with Crippen molar-refractivity contribution in [1.82, 2.24) is 9.97 Å². The van der Waals surface area contributed by atoms with Crippen LogP contribution in [0.25, 0.3) is 11.4 Å². The number of benzene rings is 1. The van der Waals surface area contributed by atoms with Crippen molar-refractivity contribution in [2.45, 2.75) is 71.1 Å². The van der Waals surface area contributed by atoms with Crippen LogP contribution in [0.1, 0.15) is 70.3 Å². The third-order valence-electron chi connectivity index (χ3n) is 4.71. The van der Waals surface area contributed by atoms with Gasteiger partial charge in [0.2, 0.25) is 5.95 Å². The molecular weight excluding hydrogens is 327 g/mol. The van der Waals surface area contributed by atoms with Gasteiger partial charge in [0.05, 0.1) is 7.11 Å². The zero-order chi connectivity index (χ0) is 18.6. The van der Waals surface area contributed by atoms with E-state index in [-0.39, 0.29) is 0 Å². The summed E-state index contributed by atoms with van der Waals surface area (Å²) in [5.41, 5.74) is 1.41. The van der Waals surface area contributed by atoms with E-state index in [0.29, 0.717) is 17.8 Å². The molecule has 3 nitrogen and oxygen atoms in total. The van der Waals surface area contributed by atoms with E-state index in [1.807, 2.05) is 24.3 Å². The highest BCUT2D eigenvalue weighted by Gasteiger charge is 2.08. The number of rotatable bonds is 12. The quantitative estimate of drug-likeness (QED) is 0.327. The largest absolute Gasteiger partial charge is 0.497 e. The molecule has 0 aliphatic heterocycles. The van der Waals surface area contributed by atoms with Crippen molar-refractivity contribution in [2.24, 2.45) is 0 Å². The summed E-state index contributed by atoms with van der Waals surface area (Å²) in [5, 5.41) is 0. The molecule has 142 valence electrons. The van der Waals surface area contributed by atoms with E-state index in [2.05, 4.69) is 16.9 Å². The number of nitrogens with zero attached hydrogens (tertiary/aromatic N) is 2. The molecule has 0 bridgehead atoms. The standard InChI is InChI=1S/C22H31FN2O/c1-3-4-5-6-7-8-9-10-11-12-19-17-24-22(25-21(19)23)18-13-15-20(26-2)16-14-18/h13-17H,3-12H2,1-2H3. The zero-order valence-electron chi connectivity index (χ0n) is 16.1. The van der Waals surface area contributed by atoms with Crippen LogP contribution < -0.4 is 4.74 Å². The van der Waals surface area contributed by atoms with Gasteiger partial charge in [-0.25, -0.2) is 4.98 Å². The number of unbranched alkanes of at least 4 members (excludes halogenated alkanes) is 8. The molecule has 4 heteroatoms. The molecule has 0 aliphatic carbocycles. The molecule has 0 saturated heterocycles. The molecule has 0 aliphatic rings. The summed E-state index contributed by atoms with van der Waals surface area (Å²) in [6, 6.07) is 7.33. The Kier molecular flexibility index (Phi) is 9.08. The van der Waals surface area contributed by atoms with E-state index >= 15 is 0 Å². The Morgan fingerprint density at radius 3 is 2.08 bits per heavy atom. The minimum absolute atomic E-state index is 0.398. The van der Waals surface area contributed by atoms with E-state index < -0.39 is 5.95 Å². The number of methoxy groups -OCH3 is 1. The van der Waals surface area contributed by atoms with Crippen LogP contribution in [0.5, 0.6) is 5.75 Å². The summed E-state index contributed by atoms with van der Waals surface area (Å²) in [4.78, 5) is 8.37. The molecule has 1 heterocycles. The normalized spacial score (nSPS) is 10.9. The molecule has 0 saturated carbocycles. The van der Waals surface area contributed by atoms with Crippen molar-refractivity contribution in [3.05, 3.63) is 42.0 Å². The monoisotopic (exact) mass is 358 g/mol. The summed E-state index contributed by atoms with van der Waals surface area (Å²) >= 11 is 0. The fourth-order valence-electron chi connectivity index (χ4n) is 3.06. The van der Waals surface area contributed by atoms with Crippen LogP contribution in [0.2, 0.25) is 0 Å². The van der Waals surface area contributed by atoms with Crippen LogP contribution in [0.3, 0.4) is 0 Å². The van der Waals surface area contributed by atoms with Gasteiger partial charge < -0.3 is 4.74 Å². The summed E-state index contributed by atoms with van der Waals surface area (Å²) < 4.78 is 19.4. The molecule has 0 spiro atoms. The summed E-state index contributed by atoms with van der Waals surface area (Å²) in [7, 11) is 1.62. The Labute approximate surface area is 157 Å². The van der Waals surface area contributed by atoms with Gasteiger partial charge in [-0.05, 0) is 37.1 Å². The van der Waals surface area contributed by atoms with Gasteiger partial charge in [0.25, 0.3) is 0 Å². The van der Waals surface area contributed by atoms with Crippen LogP contribution >= 0.6 is 0 Å². The molecule has 1 aromatic heterocycles. The highest BCUT2D eigenvalue weighted by molar-refractivity contribution is 5.56. The molecular formula is C22H31FN2O. The SMILES string of the molecule is CCCCCCCCCCCc1cnc(-c2ccc(OC)cc2)nc1F. The minimum Gasteiger partial charge on any atom is -0.497 e. The van der Waals surface area contributed by atoms with E-state index in [0.717, 1.165) is 24.2 Å². The Hall–Kier alpha value is -1.97. The van der Waals surface area contributed by atoms with Gasteiger partial charge in [-0.2, -0.15) is 9.37 Å². The number of hydrogen-bond acceptors (Lipinski definition) is 3. The topological polar surface area (TPSA) is 35.0 Å². The molecule has 0 N–H and O–H groups in total. The third kappa shape index (κ3) is 6.74. The summed E-state index contributed by atoms with van der Waals surface area (Å²) in [5.74, 6) is 0.780. The van der Waals surface area contributed by atoms with Gasteiger partial charge in [0.1, 0.15) is 5.75 Å². The average molecular weight is 359 g/mol.